The maximum Gasteiger partial charge on any atom is 0.387 e. The lowest BCUT2D eigenvalue weighted by atomic mass is 10.2. The molecular formula is C15H23F2N3O2. The van der Waals surface area contributed by atoms with Gasteiger partial charge >= 0.3 is 6.61 Å². The molecule has 124 valence electrons. The fourth-order valence-corrected chi connectivity index (χ4v) is 1.69. The third kappa shape index (κ3) is 6.60. The summed E-state index contributed by atoms with van der Waals surface area (Å²) in [5.41, 5.74) is 6.21. The zero-order chi connectivity index (χ0) is 16.5. The number of nitrogens with two attached hydrogens (primary N) is 1. The van der Waals surface area contributed by atoms with Gasteiger partial charge in [-0.3, -0.25) is 0 Å². The zero-order valence-corrected chi connectivity index (χ0v) is 13.1. The van der Waals surface area contributed by atoms with E-state index in [4.69, 9.17) is 10.5 Å². The average molecular weight is 315 g/mol. The molecule has 0 saturated carbocycles. The van der Waals surface area contributed by atoms with Gasteiger partial charge < -0.3 is 20.5 Å². The number of rotatable bonds is 8. The topological polar surface area (TPSA) is 68.9 Å². The van der Waals surface area contributed by atoms with E-state index in [2.05, 4.69) is 15.0 Å². The summed E-state index contributed by atoms with van der Waals surface area (Å²) in [5.74, 6) is 0.785. The molecule has 0 heterocycles. The van der Waals surface area contributed by atoms with E-state index in [1.807, 2.05) is 20.8 Å². The van der Waals surface area contributed by atoms with Crippen molar-refractivity contribution in [3.63, 3.8) is 0 Å². The van der Waals surface area contributed by atoms with Crippen LogP contribution in [-0.2, 0) is 6.54 Å². The largest absolute Gasteiger partial charge is 0.493 e. The minimum absolute atomic E-state index is 0.0460. The highest BCUT2D eigenvalue weighted by molar-refractivity contribution is 5.78. The molecule has 0 saturated heterocycles. The second-order valence-electron chi connectivity index (χ2n) is 5.00. The number of aliphatic imine (C=N–C) groups is 1. The first-order valence-corrected chi connectivity index (χ1v) is 7.19. The molecule has 1 rings (SSSR count). The minimum Gasteiger partial charge on any atom is -0.493 e. The lowest BCUT2D eigenvalue weighted by molar-refractivity contribution is -0.0505. The van der Waals surface area contributed by atoms with Crippen molar-refractivity contribution in [2.24, 2.45) is 10.7 Å². The number of hydrogen-bond donors (Lipinski definition) is 2. The van der Waals surface area contributed by atoms with Crippen molar-refractivity contribution < 1.29 is 18.3 Å². The van der Waals surface area contributed by atoms with Crippen LogP contribution >= 0.6 is 0 Å². The van der Waals surface area contributed by atoms with Gasteiger partial charge in [-0.2, -0.15) is 8.78 Å². The van der Waals surface area contributed by atoms with Crippen LogP contribution in [0.1, 0.15) is 32.8 Å². The van der Waals surface area contributed by atoms with Gasteiger partial charge in [0.1, 0.15) is 11.5 Å². The van der Waals surface area contributed by atoms with Crippen molar-refractivity contribution in [3.05, 3.63) is 23.8 Å². The standard InChI is InChI=1S/C15H23F2N3O2/c1-4-7-21-12-6-5-11(13(8-12)22-14(16)17)9-19-15(18)20-10(2)3/h5-6,8,10,14H,4,7,9H2,1-3H3,(H3,18,19,20). The number of nitrogens with zero attached hydrogens (tertiary/aromatic N) is 1. The number of ether oxygens (including phenoxy) is 2. The summed E-state index contributed by atoms with van der Waals surface area (Å²) in [4.78, 5) is 4.11. The van der Waals surface area contributed by atoms with Crippen molar-refractivity contribution in [2.75, 3.05) is 6.61 Å². The molecule has 0 aliphatic carbocycles. The lowest BCUT2D eigenvalue weighted by Gasteiger charge is -2.13. The summed E-state index contributed by atoms with van der Waals surface area (Å²) in [6.07, 6.45) is 0.828. The van der Waals surface area contributed by atoms with Crippen molar-refractivity contribution in [3.8, 4) is 11.5 Å². The molecule has 1 aromatic rings. The van der Waals surface area contributed by atoms with E-state index in [0.717, 1.165) is 6.42 Å². The molecule has 7 heteroatoms. The molecule has 0 unspecified atom stereocenters. The first-order chi connectivity index (χ1) is 10.4. The molecule has 0 bridgehead atoms. The summed E-state index contributed by atoms with van der Waals surface area (Å²) >= 11 is 0. The van der Waals surface area contributed by atoms with Crippen molar-refractivity contribution in [1.29, 1.82) is 0 Å². The van der Waals surface area contributed by atoms with Gasteiger partial charge in [0, 0.05) is 17.7 Å². The third-order valence-electron chi connectivity index (χ3n) is 2.58. The number of alkyl halides is 2. The number of benzene rings is 1. The Morgan fingerprint density at radius 3 is 2.68 bits per heavy atom. The van der Waals surface area contributed by atoms with Crippen LogP contribution in [-0.4, -0.2) is 25.2 Å². The summed E-state index contributed by atoms with van der Waals surface area (Å²) in [7, 11) is 0. The highest BCUT2D eigenvalue weighted by Gasteiger charge is 2.11. The van der Waals surface area contributed by atoms with Gasteiger partial charge in [0.25, 0.3) is 0 Å². The van der Waals surface area contributed by atoms with Gasteiger partial charge in [-0.25, -0.2) is 4.99 Å². The first-order valence-electron chi connectivity index (χ1n) is 7.19. The number of guanidine groups is 1. The Hall–Kier alpha value is -2.05. The Balaban J connectivity index is 2.87. The summed E-state index contributed by atoms with van der Waals surface area (Å²) in [6, 6.07) is 4.93. The second kappa shape index (κ2) is 9.07. The molecule has 22 heavy (non-hydrogen) atoms. The highest BCUT2D eigenvalue weighted by atomic mass is 19.3. The van der Waals surface area contributed by atoms with Crippen LogP contribution in [0.3, 0.4) is 0 Å². The molecule has 0 spiro atoms. The van der Waals surface area contributed by atoms with Gasteiger partial charge in [-0.15, -0.1) is 0 Å². The predicted octanol–water partition coefficient (Wildman–Crippen LogP) is 2.89. The Kier molecular flexibility index (Phi) is 7.42. The van der Waals surface area contributed by atoms with Crippen LogP contribution in [0.2, 0.25) is 0 Å². The van der Waals surface area contributed by atoms with Crippen LogP contribution in [0.5, 0.6) is 11.5 Å². The Morgan fingerprint density at radius 2 is 2.09 bits per heavy atom. The quantitative estimate of drug-likeness (QED) is 0.572. The molecule has 0 aliphatic rings. The van der Waals surface area contributed by atoms with Gasteiger partial charge in [-0.1, -0.05) is 6.92 Å². The van der Waals surface area contributed by atoms with Crippen LogP contribution in [0.4, 0.5) is 8.78 Å². The van der Waals surface area contributed by atoms with Crippen LogP contribution < -0.4 is 20.5 Å². The third-order valence-corrected chi connectivity index (χ3v) is 2.58. The number of halogens is 2. The normalized spacial score (nSPS) is 11.9. The van der Waals surface area contributed by atoms with Gasteiger partial charge in [0.05, 0.1) is 13.2 Å². The van der Waals surface area contributed by atoms with Crippen molar-refractivity contribution >= 4 is 5.96 Å². The van der Waals surface area contributed by atoms with Gasteiger partial charge in [0.15, 0.2) is 5.96 Å². The maximum absolute atomic E-state index is 12.5. The van der Waals surface area contributed by atoms with Crippen molar-refractivity contribution in [2.45, 2.75) is 46.4 Å². The fraction of sp³-hybridized carbons (Fsp3) is 0.533. The van der Waals surface area contributed by atoms with Crippen LogP contribution in [0.25, 0.3) is 0 Å². The fourth-order valence-electron chi connectivity index (χ4n) is 1.69. The molecule has 1 aromatic carbocycles. The smallest absolute Gasteiger partial charge is 0.387 e. The molecule has 0 aromatic heterocycles. The molecule has 0 fully saturated rings. The Labute approximate surface area is 129 Å². The number of hydrogen-bond acceptors (Lipinski definition) is 3. The molecule has 0 aliphatic heterocycles. The SMILES string of the molecule is CCCOc1ccc(CN=C(N)NC(C)C)c(OC(F)F)c1. The Morgan fingerprint density at radius 1 is 1.36 bits per heavy atom. The first kappa shape index (κ1) is 18.0. The van der Waals surface area contributed by atoms with Crippen LogP contribution in [0, 0.1) is 0 Å². The molecular weight excluding hydrogens is 292 g/mol. The van der Waals surface area contributed by atoms with Crippen molar-refractivity contribution in [1.82, 2.24) is 5.32 Å². The number of nitrogens with one attached hydrogen (secondary N) is 1. The van der Waals surface area contributed by atoms with Gasteiger partial charge in [0.2, 0.25) is 0 Å². The summed E-state index contributed by atoms with van der Waals surface area (Å²) in [6.45, 7) is 3.56. The lowest BCUT2D eigenvalue weighted by Crippen LogP contribution is -2.36. The maximum atomic E-state index is 12.5. The molecule has 0 amide bonds. The molecule has 0 radical (unpaired) electrons. The van der Waals surface area contributed by atoms with E-state index in [1.165, 1.54) is 6.07 Å². The average Bonchev–Trinajstić information content (AvgIpc) is 2.42. The minimum atomic E-state index is -2.91. The van der Waals surface area contributed by atoms with E-state index in [9.17, 15) is 8.78 Å². The zero-order valence-electron chi connectivity index (χ0n) is 13.1. The summed E-state index contributed by atoms with van der Waals surface area (Å²) < 4.78 is 35.0. The Bertz CT molecular complexity index is 494. The molecule has 0 atom stereocenters. The molecule has 5 nitrogen and oxygen atoms in total. The highest BCUT2D eigenvalue weighted by Crippen LogP contribution is 2.27. The monoisotopic (exact) mass is 315 g/mol. The van der Waals surface area contributed by atoms with Crippen LogP contribution in [0.15, 0.2) is 23.2 Å². The molecule has 3 N–H and O–H groups in total. The summed E-state index contributed by atoms with van der Waals surface area (Å²) in [5, 5.41) is 2.93. The van der Waals surface area contributed by atoms with Gasteiger partial charge in [-0.05, 0) is 32.4 Å². The second-order valence-corrected chi connectivity index (χ2v) is 5.00. The van der Waals surface area contributed by atoms with E-state index >= 15 is 0 Å². The predicted molar refractivity (Wildman–Crippen MR) is 82.5 cm³/mol. The van der Waals surface area contributed by atoms with E-state index in [0.29, 0.717) is 17.9 Å². The van der Waals surface area contributed by atoms with E-state index in [-0.39, 0.29) is 24.3 Å². The van der Waals surface area contributed by atoms with E-state index < -0.39 is 6.61 Å². The van der Waals surface area contributed by atoms with E-state index in [1.54, 1.807) is 12.1 Å².